The maximum atomic E-state index is 4.39. The van der Waals surface area contributed by atoms with Crippen molar-refractivity contribution < 1.29 is 0 Å². The quantitative estimate of drug-likeness (QED) is 0.874. The van der Waals surface area contributed by atoms with E-state index < -0.39 is 0 Å². The normalized spacial score (nSPS) is 18.3. The van der Waals surface area contributed by atoms with Crippen molar-refractivity contribution in [2.75, 3.05) is 13.1 Å². The molecule has 22 heavy (non-hydrogen) atoms. The maximum absolute atomic E-state index is 4.39. The van der Waals surface area contributed by atoms with E-state index in [0.29, 0.717) is 0 Å². The molecule has 1 atom stereocenters. The maximum Gasteiger partial charge on any atom is 0.173 e. The first kappa shape index (κ1) is 15.2. The summed E-state index contributed by atoms with van der Waals surface area (Å²) < 4.78 is 1.97. The first-order chi connectivity index (χ1) is 10.6. The first-order valence-electron chi connectivity index (χ1n) is 8.15. The standard InChI is InChI=1S/C17H25N5/c1-17(2,3)22-16(18-19-20-22)15(14-10-6-4-7-11-14)21-12-8-5-9-13-21/h4,6-7,10-11,15H,5,8-9,12-13H2,1-3H3/t15-/m0/s1. The fourth-order valence-corrected chi connectivity index (χ4v) is 3.18. The number of benzene rings is 1. The number of aromatic nitrogens is 4. The van der Waals surface area contributed by atoms with Crippen molar-refractivity contribution in [3.05, 3.63) is 41.7 Å². The Bertz CT molecular complexity index is 593. The van der Waals surface area contributed by atoms with Gasteiger partial charge in [-0.3, -0.25) is 4.90 Å². The molecule has 2 aromatic rings. The molecule has 0 amide bonds. The lowest BCUT2D eigenvalue weighted by Gasteiger charge is -2.35. The van der Waals surface area contributed by atoms with Gasteiger partial charge in [-0.05, 0) is 62.7 Å². The second-order valence-corrected chi connectivity index (χ2v) is 7.03. The van der Waals surface area contributed by atoms with E-state index in [2.05, 4.69) is 71.5 Å². The van der Waals surface area contributed by atoms with Crippen molar-refractivity contribution in [2.24, 2.45) is 0 Å². The van der Waals surface area contributed by atoms with Crippen LogP contribution < -0.4 is 0 Å². The molecule has 1 aromatic heterocycles. The van der Waals surface area contributed by atoms with Gasteiger partial charge < -0.3 is 0 Å². The predicted octanol–water partition coefficient (Wildman–Crippen LogP) is 3.00. The third-order valence-electron chi connectivity index (χ3n) is 4.24. The van der Waals surface area contributed by atoms with E-state index in [-0.39, 0.29) is 11.6 Å². The Hall–Kier alpha value is -1.75. The second kappa shape index (κ2) is 6.16. The number of rotatable bonds is 3. The van der Waals surface area contributed by atoms with Crippen LogP contribution in [0.25, 0.3) is 0 Å². The van der Waals surface area contributed by atoms with Crippen LogP contribution in [0.15, 0.2) is 30.3 Å². The minimum Gasteiger partial charge on any atom is -0.290 e. The number of hydrogen-bond donors (Lipinski definition) is 0. The molecule has 0 bridgehead atoms. The Balaban J connectivity index is 2.04. The van der Waals surface area contributed by atoms with Crippen LogP contribution in [0, 0.1) is 0 Å². The van der Waals surface area contributed by atoms with Crippen molar-refractivity contribution in [2.45, 2.75) is 51.6 Å². The smallest absolute Gasteiger partial charge is 0.173 e. The molecule has 0 aliphatic carbocycles. The van der Waals surface area contributed by atoms with Gasteiger partial charge in [-0.15, -0.1) is 5.10 Å². The topological polar surface area (TPSA) is 46.8 Å². The first-order valence-corrected chi connectivity index (χ1v) is 8.15. The Labute approximate surface area is 132 Å². The molecule has 0 N–H and O–H groups in total. The summed E-state index contributed by atoms with van der Waals surface area (Å²) in [6.07, 6.45) is 3.82. The molecule has 118 valence electrons. The highest BCUT2D eigenvalue weighted by atomic mass is 15.6. The Morgan fingerprint density at radius 3 is 2.32 bits per heavy atom. The van der Waals surface area contributed by atoms with Crippen molar-refractivity contribution in [3.63, 3.8) is 0 Å². The van der Waals surface area contributed by atoms with E-state index >= 15 is 0 Å². The molecule has 1 aliphatic rings. The van der Waals surface area contributed by atoms with Gasteiger partial charge in [0.1, 0.15) is 0 Å². The molecule has 5 heteroatoms. The lowest BCUT2D eigenvalue weighted by molar-refractivity contribution is 0.170. The minimum atomic E-state index is -0.123. The SMILES string of the molecule is CC(C)(C)n1nnnc1[C@H](c1ccccc1)N1CCCCC1. The van der Waals surface area contributed by atoms with Crippen molar-refractivity contribution >= 4 is 0 Å². The van der Waals surface area contributed by atoms with Gasteiger partial charge >= 0.3 is 0 Å². The molecule has 1 saturated heterocycles. The zero-order chi connectivity index (χ0) is 15.6. The van der Waals surface area contributed by atoms with E-state index in [1.807, 2.05) is 4.68 Å². The molecular weight excluding hydrogens is 274 g/mol. The fourth-order valence-electron chi connectivity index (χ4n) is 3.18. The minimum absolute atomic E-state index is 0.123. The van der Waals surface area contributed by atoms with Crippen LogP contribution >= 0.6 is 0 Å². The highest BCUT2D eigenvalue weighted by Crippen LogP contribution is 2.31. The monoisotopic (exact) mass is 299 g/mol. The lowest BCUT2D eigenvalue weighted by Crippen LogP contribution is -2.38. The average molecular weight is 299 g/mol. The van der Waals surface area contributed by atoms with Crippen LogP contribution in [0.5, 0.6) is 0 Å². The van der Waals surface area contributed by atoms with Gasteiger partial charge in [0.2, 0.25) is 0 Å². The summed E-state index contributed by atoms with van der Waals surface area (Å²) >= 11 is 0. The van der Waals surface area contributed by atoms with Gasteiger partial charge in [0.15, 0.2) is 5.82 Å². The third-order valence-corrected chi connectivity index (χ3v) is 4.24. The molecule has 1 aliphatic heterocycles. The van der Waals surface area contributed by atoms with Gasteiger partial charge in [0, 0.05) is 0 Å². The highest BCUT2D eigenvalue weighted by molar-refractivity contribution is 5.25. The molecule has 1 fully saturated rings. The molecule has 0 unspecified atom stereocenters. The fraction of sp³-hybridized carbons (Fsp3) is 0.588. The zero-order valence-corrected chi connectivity index (χ0v) is 13.7. The lowest BCUT2D eigenvalue weighted by atomic mass is 10.00. The van der Waals surface area contributed by atoms with E-state index in [4.69, 9.17) is 0 Å². The summed E-state index contributed by atoms with van der Waals surface area (Å²) in [6, 6.07) is 10.7. The number of nitrogens with zero attached hydrogens (tertiary/aromatic N) is 5. The van der Waals surface area contributed by atoms with Gasteiger partial charge in [-0.25, -0.2) is 4.68 Å². The summed E-state index contributed by atoms with van der Waals surface area (Å²) in [5.74, 6) is 0.945. The molecular formula is C17H25N5. The van der Waals surface area contributed by atoms with Crippen LogP contribution in [0.3, 0.4) is 0 Å². The zero-order valence-electron chi connectivity index (χ0n) is 13.7. The van der Waals surface area contributed by atoms with Crippen LogP contribution in [-0.4, -0.2) is 38.2 Å². The van der Waals surface area contributed by atoms with Crippen molar-refractivity contribution in [1.29, 1.82) is 0 Å². The Kier molecular flexibility index (Phi) is 4.25. The summed E-state index contributed by atoms with van der Waals surface area (Å²) in [5.41, 5.74) is 1.14. The van der Waals surface area contributed by atoms with Crippen LogP contribution in [0.2, 0.25) is 0 Å². The van der Waals surface area contributed by atoms with Crippen molar-refractivity contribution in [1.82, 2.24) is 25.1 Å². The van der Waals surface area contributed by atoms with E-state index in [0.717, 1.165) is 18.9 Å². The molecule has 0 spiro atoms. The van der Waals surface area contributed by atoms with Crippen LogP contribution in [0.4, 0.5) is 0 Å². The van der Waals surface area contributed by atoms with Crippen molar-refractivity contribution in [3.8, 4) is 0 Å². The van der Waals surface area contributed by atoms with Gasteiger partial charge in [0.25, 0.3) is 0 Å². The molecule has 1 aromatic carbocycles. The number of tetrazole rings is 1. The highest BCUT2D eigenvalue weighted by Gasteiger charge is 2.31. The van der Waals surface area contributed by atoms with E-state index in [1.165, 1.54) is 24.8 Å². The van der Waals surface area contributed by atoms with Gasteiger partial charge in [-0.2, -0.15) is 0 Å². The van der Waals surface area contributed by atoms with Gasteiger partial charge in [0.05, 0.1) is 11.6 Å². The largest absolute Gasteiger partial charge is 0.290 e. The predicted molar refractivity (Wildman–Crippen MR) is 86.5 cm³/mol. The van der Waals surface area contributed by atoms with Crippen LogP contribution in [0.1, 0.15) is 57.5 Å². The number of hydrogen-bond acceptors (Lipinski definition) is 4. The summed E-state index contributed by atoms with van der Waals surface area (Å²) in [7, 11) is 0. The molecule has 0 radical (unpaired) electrons. The van der Waals surface area contributed by atoms with E-state index in [1.54, 1.807) is 0 Å². The van der Waals surface area contributed by atoms with Crippen LogP contribution in [-0.2, 0) is 5.54 Å². The number of likely N-dealkylation sites (tertiary alicyclic amines) is 1. The van der Waals surface area contributed by atoms with Gasteiger partial charge in [-0.1, -0.05) is 36.8 Å². The number of piperidine rings is 1. The Morgan fingerprint density at radius 2 is 1.68 bits per heavy atom. The third kappa shape index (κ3) is 3.04. The Morgan fingerprint density at radius 1 is 1.00 bits per heavy atom. The summed E-state index contributed by atoms with van der Waals surface area (Å²) in [5, 5.41) is 12.6. The molecule has 3 rings (SSSR count). The molecule has 2 heterocycles. The summed E-state index contributed by atoms with van der Waals surface area (Å²) in [6.45, 7) is 8.65. The summed E-state index contributed by atoms with van der Waals surface area (Å²) in [4.78, 5) is 2.52. The van der Waals surface area contributed by atoms with E-state index in [9.17, 15) is 0 Å². The second-order valence-electron chi connectivity index (χ2n) is 7.03. The average Bonchev–Trinajstić information content (AvgIpc) is 2.99. The molecule has 0 saturated carbocycles. The molecule has 5 nitrogen and oxygen atoms in total.